The van der Waals surface area contributed by atoms with Gasteiger partial charge in [-0.3, -0.25) is 19.2 Å². The number of aromatic amines is 1. The van der Waals surface area contributed by atoms with Gasteiger partial charge in [0.05, 0.1) is 18.5 Å². The fraction of sp³-hybridized carbons (Fsp3) is 0.560. The first-order chi connectivity index (χ1) is 17.4. The Labute approximate surface area is 208 Å². The molecule has 4 N–H and O–H groups in total. The number of aliphatic hydroxyl groups excluding tert-OH is 1. The van der Waals surface area contributed by atoms with Crippen LogP contribution in [-0.4, -0.2) is 82.4 Å². The number of nitrogens with one attached hydrogen (secondary N) is 3. The predicted octanol–water partition coefficient (Wildman–Crippen LogP) is 0.385. The van der Waals surface area contributed by atoms with Crippen molar-refractivity contribution in [3.63, 3.8) is 0 Å². The van der Waals surface area contributed by atoms with Gasteiger partial charge in [0.2, 0.25) is 11.8 Å². The third-order valence-corrected chi connectivity index (χ3v) is 7.91. The molecule has 2 aliphatic heterocycles. The van der Waals surface area contributed by atoms with E-state index in [4.69, 9.17) is 4.74 Å². The lowest BCUT2D eigenvalue weighted by atomic mass is 9.92. The van der Waals surface area contributed by atoms with Gasteiger partial charge in [-0.2, -0.15) is 0 Å². The van der Waals surface area contributed by atoms with Crippen molar-refractivity contribution in [1.29, 1.82) is 0 Å². The number of hydrogen-bond donors (Lipinski definition) is 4. The van der Waals surface area contributed by atoms with Crippen molar-refractivity contribution in [1.82, 2.24) is 25.5 Å². The molecule has 4 heterocycles. The number of carbonyl (C=O) groups excluding carboxylic acids is 4. The van der Waals surface area contributed by atoms with Crippen LogP contribution >= 0.6 is 0 Å². The lowest BCUT2D eigenvalue weighted by Gasteiger charge is -2.29. The Morgan fingerprint density at radius 3 is 2.86 bits per heavy atom. The number of ether oxygens (including phenoxy) is 1. The lowest BCUT2D eigenvalue weighted by Crippen LogP contribution is -2.53. The largest absolute Gasteiger partial charge is 0.496 e. The number of carbonyl (C=O) groups is 4. The number of likely N-dealkylation sites (tertiary alicyclic amines) is 1. The summed E-state index contributed by atoms with van der Waals surface area (Å²) in [6.07, 6.45) is 5.01. The van der Waals surface area contributed by atoms with Crippen LogP contribution < -0.4 is 15.4 Å². The molecular weight excluding hydrogens is 466 g/mol. The number of fused-ring (bicyclic) bond motifs is 2. The summed E-state index contributed by atoms with van der Waals surface area (Å²) in [5, 5.41) is 15.7. The summed E-state index contributed by atoms with van der Waals surface area (Å²) in [5.74, 6) is -1.06. The highest BCUT2D eigenvalue weighted by atomic mass is 16.5. The quantitative estimate of drug-likeness (QED) is 0.411. The van der Waals surface area contributed by atoms with Gasteiger partial charge in [-0.05, 0) is 49.7 Å². The minimum absolute atomic E-state index is 0.00866. The Hall–Kier alpha value is -3.47. The fourth-order valence-electron chi connectivity index (χ4n) is 6.09. The van der Waals surface area contributed by atoms with Gasteiger partial charge in [-0.1, -0.05) is 6.42 Å². The number of methoxy groups -OCH3 is 1. The van der Waals surface area contributed by atoms with E-state index in [1.807, 2.05) is 0 Å². The van der Waals surface area contributed by atoms with E-state index < -0.39 is 36.3 Å². The Kier molecular flexibility index (Phi) is 6.65. The fourth-order valence-corrected chi connectivity index (χ4v) is 6.09. The molecule has 36 heavy (non-hydrogen) atoms. The zero-order valence-electron chi connectivity index (χ0n) is 20.2. The van der Waals surface area contributed by atoms with E-state index in [1.54, 1.807) is 30.3 Å². The topological polar surface area (TPSA) is 154 Å². The van der Waals surface area contributed by atoms with Crippen LogP contribution in [0.5, 0.6) is 5.75 Å². The molecule has 0 bridgehead atoms. The van der Waals surface area contributed by atoms with Crippen LogP contribution in [0.2, 0.25) is 0 Å². The molecule has 5 unspecified atom stereocenters. The van der Waals surface area contributed by atoms with Crippen molar-refractivity contribution in [2.75, 3.05) is 26.8 Å². The highest BCUT2D eigenvalue weighted by molar-refractivity contribution is 6.01. The molecule has 2 aromatic rings. The van der Waals surface area contributed by atoms with Crippen LogP contribution in [0, 0.1) is 17.8 Å². The van der Waals surface area contributed by atoms with Gasteiger partial charge in [-0.15, -0.1) is 0 Å². The average Bonchev–Trinajstić information content (AvgIpc) is 3.66. The van der Waals surface area contributed by atoms with Gasteiger partial charge >= 0.3 is 0 Å². The summed E-state index contributed by atoms with van der Waals surface area (Å²) in [6.45, 7) is 0.240. The second kappa shape index (κ2) is 9.88. The van der Waals surface area contributed by atoms with E-state index in [9.17, 15) is 24.3 Å². The molecule has 1 aliphatic carbocycles. The van der Waals surface area contributed by atoms with E-state index in [-0.39, 0.29) is 30.1 Å². The first kappa shape index (κ1) is 24.2. The normalized spacial score (nSPS) is 26.1. The van der Waals surface area contributed by atoms with Gasteiger partial charge in [0.25, 0.3) is 5.91 Å². The van der Waals surface area contributed by atoms with Gasteiger partial charge in [-0.25, -0.2) is 4.98 Å². The summed E-state index contributed by atoms with van der Waals surface area (Å²) in [6, 6.07) is 1.67. The standard InChI is InChI=1S/C25H31N5O6/c1-36-20-6-8-26-22-16(20)10-18(28-22)25(35)30-11-14-3-2-4-15(14)21(30)24(34)29-17(19(32)12-31)9-13-5-7-27-23(13)33/h6,8,10,13-15,17,21,31H,2-5,7,9,11-12H2,1H3,(H,26,28)(H,27,33)(H,29,34). The molecule has 0 spiro atoms. The maximum absolute atomic E-state index is 13.6. The number of aromatic nitrogens is 2. The number of ketones is 1. The highest BCUT2D eigenvalue weighted by Crippen LogP contribution is 2.43. The number of aliphatic hydroxyl groups is 1. The Balaban J connectivity index is 1.39. The summed E-state index contributed by atoms with van der Waals surface area (Å²) >= 11 is 0. The molecule has 2 aromatic heterocycles. The van der Waals surface area contributed by atoms with Crippen LogP contribution in [0.4, 0.5) is 0 Å². The Bertz CT molecular complexity index is 1190. The number of rotatable bonds is 8. The van der Waals surface area contributed by atoms with Crippen LogP contribution in [-0.2, 0) is 14.4 Å². The molecule has 11 heteroatoms. The van der Waals surface area contributed by atoms with Crippen molar-refractivity contribution < 1.29 is 29.0 Å². The van der Waals surface area contributed by atoms with Crippen molar-refractivity contribution in [3.8, 4) is 5.75 Å². The van der Waals surface area contributed by atoms with Crippen LogP contribution in [0.25, 0.3) is 11.0 Å². The van der Waals surface area contributed by atoms with E-state index in [0.717, 1.165) is 19.3 Å². The number of amides is 3. The smallest absolute Gasteiger partial charge is 0.271 e. The number of H-pyrrole nitrogens is 1. The predicted molar refractivity (Wildman–Crippen MR) is 128 cm³/mol. The monoisotopic (exact) mass is 497 g/mol. The Morgan fingerprint density at radius 1 is 1.31 bits per heavy atom. The highest BCUT2D eigenvalue weighted by Gasteiger charge is 2.50. The molecule has 192 valence electrons. The number of nitrogens with zero attached hydrogens (tertiary/aromatic N) is 2. The lowest BCUT2D eigenvalue weighted by molar-refractivity contribution is -0.133. The van der Waals surface area contributed by atoms with E-state index >= 15 is 0 Å². The number of pyridine rings is 1. The molecule has 3 fully saturated rings. The van der Waals surface area contributed by atoms with Crippen LogP contribution in [0.15, 0.2) is 18.3 Å². The maximum atomic E-state index is 13.6. The van der Waals surface area contributed by atoms with Crippen LogP contribution in [0.3, 0.4) is 0 Å². The SMILES string of the molecule is COc1ccnc2[nH]c(C(=O)N3CC4CCCC4C3C(=O)NC(CC3CCNC3=O)C(=O)CO)cc12. The van der Waals surface area contributed by atoms with Gasteiger partial charge < -0.3 is 30.4 Å². The van der Waals surface area contributed by atoms with Gasteiger partial charge in [0, 0.05) is 25.2 Å². The summed E-state index contributed by atoms with van der Waals surface area (Å²) in [4.78, 5) is 60.7. The van der Waals surface area contributed by atoms with Crippen molar-refractivity contribution in [2.24, 2.45) is 17.8 Å². The molecule has 3 aliphatic rings. The molecule has 11 nitrogen and oxygen atoms in total. The third-order valence-electron chi connectivity index (χ3n) is 7.91. The maximum Gasteiger partial charge on any atom is 0.271 e. The molecule has 0 radical (unpaired) electrons. The minimum atomic E-state index is -0.990. The first-order valence-corrected chi connectivity index (χ1v) is 12.5. The molecule has 0 aromatic carbocycles. The molecule has 3 amide bonds. The van der Waals surface area contributed by atoms with Gasteiger partial charge in [0.1, 0.15) is 29.7 Å². The molecule has 5 rings (SSSR count). The Morgan fingerprint density at radius 2 is 2.14 bits per heavy atom. The second-order valence-electron chi connectivity index (χ2n) is 9.91. The summed E-state index contributed by atoms with van der Waals surface area (Å²) < 4.78 is 5.38. The molecule has 1 saturated carbocycles. The molecular formula is C25H31N5O6. The molecule has 2 saturated heterocycles. The minimum Gasteiger partial charge on any atom is -0.496 e. The number of Topliss-reactive ketones (excluding diaryl/α,β-unsaturated/α-hetero) is 1. The van der Waals surface area contributed by atoms with Crippen molar-refractivity contribution in [3.05, 3.63) is 24.0 Å². The molecule has 5 atom stereocenters. The van der Waals surface area contributed by atoms with Crippen molar-refractivity contribution >= 4 is 34.5 Å². The zero-order chi connectivity index (χ0) is 25.4. The second-order valence-corrected chi connectivity index (χ2v) is 9.91. The summed E-state index contributed by atoms with van der Waals surface area (Å²) in [7, 11) is 1.55. The van der Waals surface area contributed by atoms with Crippen LogP contribution in [0.1, 0.15) is 42.6 Å². The van der Waals surface area contributed by atoms with E-state index in [1.165, 1.54) is 0 Å². The van der Waals surface area contributed by atoms with E-state index in [2.05, 4.69) is 20.6 Å². The average molecular weight is 498 g/mol. The zero-order valence-corrected chi connectivity index (χ0v) is 20.2. The number of hydrogen-bond acceptors (Lipinski definition) is 7. The first-order valence-electron chi connectivity index (χ1n) is 12.5. The van der Waals surface area contributed by atoms with Gasteiger partial charge in [0.15, 0.2) is 5.78 Å². The summed E-state index contributed by atoms with van der Waals surface area (Å²) in [5.41, 5.74) is 0.826. The van der Waals surface area contributed by atoms with Crippen molar-refractivity contribution in [2.45, 2.75) is 44.2 Å². The van der Waals surface area contributed by atoms with E-state index in [0.29, 0.717) is 42.0 Å². The third kappa shape index (κ3) is 4.32.